The van der Waals surface area contributed by atoms with Gasteiger partial charge in [0.2, 0.25) is 0 Å². The molecule has 5 heteroatoms. The standard InChI is InChI=1S/C15H26N2O3/c18-15(14-11-16-7-10-19-14)17-8-5-13(6-9-17)20-12-3-1-2-4-12/h12-14,16H,1-11H2. The Hall–Kier alpha value is -0.650. The summed E-state index contributed by atoms with van der Waals surface area (Å²) in [6.07, 6.45) is 7.57. The van der Waals surface area contributed by atoms with Crippen LogP contribution in [0.2, 0.25) is 0 Å². The molecule has 1 unspecified atom stereocenters. The molecule has 1 amide bonds. The molecular formula is C15H26N2O3. The number of amides is 1. The second-order valence-electron chi connectivity index (χ2n) is 6.13. The molecule has 1 aliphatic carbocycles. The van der Waals surface area contributed by atoms with Crippen molar-refractivity contribution < 1.29 is 14.3 Å². The van der Waals surface area contributed by atoms with Gasteiger partial charge in [0.1, 0.15) is 6.10 Å². The van der Waals surface area contributed by atoms with E-state index in [2.05, 4.69) is 5.32 Å². The molecule has 3 fully saturated rings. The number of morpholine rings is 1. The van der Waals surface area contributed by atoms with E-state index in [0.29, 0.717) is 25.4 Å². The van der Waals surface area contributed by atoms with E-state index < -0.39 is 0 Å². The number of nitrogens with zero attached hydrogens (tertiary/aromatic N) is 1. The second-order valence-corrected chi connectivity index (χ2v) is 6.13. The molecule has 1 atom stereocenters. The topological polar surface area (TPSA) is 50.8 Å². The van der Waals surface area contributed by atoms with Crippen molar-refractivity contribution in [2.45, 2.75) is 56.8 Å². The van der Waals surface area contributed by atoms with Crippen molar-refractivity contribution in [3.63, 3.8) is 0 Å². The number of carbonyl (C=O) groups excluding carboxylic acids is 1. The number of rotatable bonds is 3. The molecule has 0 aromatic heterocycles. The molecule has 0 aromatic rings. The van der Waals surface area contributed by atoms with Gasteiger partial charge in [-0.15, -0.1) is 0 Å². The van der Waals surface area contributed by atoms with Gasteiger partial charge in [-0.2, -0.15) is 0 Å². The fourth-order valence-electron chi connectivity index (χ4n) is 3.44. The van der Waals surface area contributed by atoms with Gasteiger partial charge in [0.05, 0.1) is 18.8 Å². The smallest absolute Gasteiger partial charge is 0.253 e. The van der Waals surface area contributed by atoms with Crippen LogP contribution in [-0.2, 0) is 14.3 Å². The number of hydrogen-bond donors (Lipinski definition) is 1. The van der Waals surface area contributed by atoms with Crippen LogP contribution in [0, 0.1) is 0 Å². The highest BCUT2D eigenvalue weighted by molar-refractivity contribution is 5.81. The maximum atomic E-state index is 12.3. The highest BCUT2D eigenvalue weighted by atomic mass is 16.5. The predicted octanol–water partition coefficient (Wildman–Crippen LogP) is 0.925. The van der Waals surface area contributed by atoms with Crippen LogP contribution in [0.15, 0.2) is 0 Å². The number of ether oxygens (including phenoxy) is 2. The molecule has 0 spiro atoms. The fraction of sp³-hybridized carbons (Fsp3) is 0.933. The van der Waals surface area contributed by atoms with Crippen molar-refractivity contribution in [3.8, 4) is 0 Å². The number of likely N-dealkylation sites (tertiary alicyclic amines) is 1. The molecule has 2 heterocycles. The summed E-state index contributed by atoms with van der Waals surface area (Å²) in [4.78, 5) is 14.3. The summed E-state index contributed by atoms with van der Waals surface area (Å²) in [6.45, 7) is 3.77. The summed E-state index contributed by atoms with van der Waals surface area (Å²) >= 11 is 0. The summed E-state index contributed by atoms with van der Waals surface area (Å²) in [5, 5.41) is 3.21. The van der Waals surface area contributed by atoms with E-state index in [1.807, 2.05) is 4.90 Å². The molecule has 20 heavy (non-hydrogen) atoms. The minimum absolute atomic E-state index is 0.150. The van der Waals surface area contributed by atoms with Gasteiger partial charge in [0.15, 0.2) is 0 Å². The lowest BCUT2D eigenvalue weighted by atomic mass is 10.1. The Kier molecular flexibility index (Phi) is 4.91. The van der Waals surface area contributed by atoms with Gasteiger partial charge in [-0.1, -0.05) is 12.8 Å². The zero-order valence-corrected chi connectivity index (χ0v) is 12.2. The Balaban J connectivity index is 1.41. The first-order valence-electron chi connectivity index (χ1n) is 8.09. The maximum Gasteiger partial charge on any atom is 0.253 e. The lowest BCUT2D eigenvalue weighted by Gasteiger charge is -2.36. The summed E-state index contributed by atoms with van der Waals surface area (Å²) in [6, 6.07) is 0. The summed E-state index contributed by atoms with van der Waals surface area (Å²) in [7, 11) is 0. The van der Waals surface area contributed by atoms with Gasteiger partial charge >= 0.3 is 0 Å². The zero-order valence-electron chi connectivity index (χ0n) is 12.2. The Morgan fingerprint density at radius 2 is 1.80 bits per heavy atom. The van der Waals surface area contributed by atoms with Gasteiger partial charge in [-0.25, -0.2) is 0 Å². The molecule has 2 saturated heterocycles. The van der Waals surface area contributed by atoms with Crippen LogP contribution in [0.25, 0.3) is 0 Å². The Morgan fingerprint density at radius 3 is 2.45 bits per heavy atom. The van der Waals surface area contributed by atoms with E-state index in [1.54, 1.807) is 0 Å². The molecule has 1 N–H and O–H groups in total. The van der Waals surface area contributed by atoms with E-state index in [9.17, 15) is 4.79 Å². The molecule has 0 aromatic carbocycles. The molecule has 5 nitrogen and oxygen atoms in total. The number of nitrogens with one attached hydrogen (secondary N) is 1. The van der Waals surface area contributed by atoms with Crippen LogP contribution < -0.4 is 5.32 Å². The molecule has 1 saturated carbocycles. The Bertz CT molecular complexity index is 317. The molecule has 0 bridgehead atoms. The summed E-state index contributed by atoms with van der Waals surface area (Å²) in [5.74, 6) is 0.150. The third kappa shape index (κ3) is 3.51. The van der Waals surface area contributed by atoms with Crippen molar-refractivity contribution in [2.75, 3.05) is 32.8 Å². The maximum absolute atomic E-state index is 12.3. The summed E-state index contributed by atoms with van der Waals surface area (Å²) in [5.41, 5.74) is 0. The Morgan fingerprint density at radius 1 is 1.10 bits per heavy atom. The first-order valence-corrected chi connectivity index (χ1v) is 8.09. The lowest BCUT2D eigenvalue weighted by Crippen LogP contribution is -2.52. The van der Waals surface area contributed by atoms with Crippen LogP contribution in [0.3, 0.4) is 0 Å². The van der Waals surface area contributed by atoms with Crippen molar-refractivity contribution >= 4 is 5.91 Å². The van der Waals surface area contributed by atoms with Crippen LogP contribution in [-0.4, -0.2) is 61.9 Å². The van der Waals surface area contributed by atoms with Gasteiger partial charge < -0.3 is 19.7 Å². The van der Waals surface area contributed by atoms with E-state index in [1.165, 1.54) is 25.7 Å². The molecule has 3 rings (SSSR count). The van der Waals surface area contributed by atoms with Crippen molar-refractivity contribution in [1.29, 1.82) is 0 Å². The average Bonchev–Trinajstić information content (AvgIpc) is 3.01. The van der Waals surface area contributed by atoms with Gasteiger partial charge in [0, 0.05) is 26.2 Å². The molecule has 0 radical (unpaired) electrons. The van der Waals surface area contributed by atoms with Gasteiger partial charge in [-0.05, 0) is 25.7 Å². The second kappa shape index (κ2) is 6.87. The van der Waals surface area contributed by atoms with Gasteiger partial charge in [0.25, 0.3) is 5.91 Å². The third-order valence-electron chi connectivity index (χ3n) is 4.64. The first-order chi connectivity index (χ1) is 9.83. The SMILES string of the molecule is O=C(C1CNCCO1)N1CCC(OC2CCCC2)CC1. The van der Waals surface area contributed by atoms with E-state index in [4.69, 9.17) is 9.47 Å². The minimum Gasteiger partial charge on any atom is -0.375 e. The van der Waals surface area contributed by atoms with Crippen molar-refractivity contribution in [1.82, 2.24) is 10.2 Å². The van der Waals surface area contributed by atoms with E-state index in [-0.39, 0.29) is 12.0 Å². The molecule has 2 aliphatic heterocycles. The molecule has 114 valence electrons. The van der Waals surface area contributed by atoms with Crippen LogP contribution in [0.5, 0.6) is 0 Å². The first kappa shape index (κ1) is 14.3. The minimum atomic E-state index is -0.281. The highest BCUT2D eigenvalue weighted by Crippen LogP contribution is 2.25. The van der Waals surface area contributed by atoms with E-state index in [0.717, 1.165) is 32.5 Å². The Labute approximate surface area is 121 Å². The number of piperidine rings is 1. The monoisotopic (exact) mass is 282 g/mol. The predicted molar refractivity (Wildman–Crippen MR) is 75.6 cm³/mol. The quantitative estimate of drug-likeness (QED) is 0.836. The average molecular weight is 282 g/mol. The molecule has 3 aliphatic rings. The lowest BCUT2D eigenvalue weighted by molar-refractivity contribution is -0.148. The van der Waals surface area contributed by atoms with Crippen LogP contribution in [0.1, 0.15) is 38.5 Å². The van der Waals surface area contributed by atoms with Crippen molar-refractivity contribution in [2.24, 2.45) is 0 Å². The van der Waals surface area contributed by atoms with Crippen LogP contribution in [0.4, 0.5) is 0 Å². The number of carbonyl (C=O) groups is 1. The third-order valence-corrected chi connectivity index (χ3v) is 4.64. The highest BCUT2D eigenvalue weighted by Gasteiger charge is 2.31. The normalized spacial score (nSPS) is 29.8. The summed E-state index contributed by atoms with van der Waals surface area (Å²) < 4.78 is 11.7. The fourth-order valence-corrected chi connectivity index (χ4v) is 3.44. The van der Waals surface area contributed by atoms with Gasteiger partial charge in [-0.3, -0.25) is 4.79 Å². The molecular weight excluding hydrogens is 256 g/mol. The largest absolute Gasteiger partial charge is 0.375 e. The number of hydrogen-bond acceptors (Lipinski definition) is 4. The van der Waals surface area contributed by atoms with E-state index >= 15 is 0 Å². The van der Waals surface area contributed by atoms with Crippen molar-refractivity contribution in [3.05, 3.63) is 0 Å². The zero-order chi connectivity index (χ0) is 13.8. The van der Waals surface area contributed by atoms with Crippen LogP contribution >= 0.6 is 0 Å².